The van der Waals surface area contributed by atoms with Crippen molar-refractivity contribution < 1.29 is 14.3 Å². The number of carbonyl (C=O) groups is 1. The smallest absolute Gasteiger partial charge is 0.246 e. The second-order valence-corrected chi connectivity index (χ2v) is 6.79. The molecule has 2 rings (SSSR count). The maximum absolute atomic E-state index is 11.8. The average molecular weight is 312 g/mol. The van der Waals surface area contributed by atoms with Gasteiger partial charge in [-0.3, -0.25) is 9.69 Å². The van der Waals surface area contributed by atoms with Gasteiger partial charge in [0.2, 0.25) is 5.91 Å². The van der Waals surface area contributed by atoms with Gasteiger partial charge in [-0.05, 0) is 33.1 Å². The Kier molecular flexibility index (Phi) is 7.63. The van der Waals surface area contributed by atoms with Gasteiger partial charge in [-0.25, -0.2) is 0 Å². The Hall–Kier alpha value is -0.650. The van der Waals surface area contributed by atoms with Crippen LogP contribution in [0.2, 0.25) is 0 Å². The van der Waals surface area contributed by atoms with Gasteiger partial charge in [0.25, 0.3) is 0 Å². The molecule has 5 nitrogen and oxygen atoms in total. The summed E-state index contributed by atoms with van der Waals surface area (Å²) in [4.78, 5) is 14.2. The molecule has 0 spiro atoms. The SMILES string of the molecule is CC1CN(CCCNC(=O)COC2CCCCC2)CC(C)O1. The van der Waals surface area contributed by atoms with Crippen molar-refractivity contribution in [2.24, 2.45) is 0 Å². The topological polar surface area (TPSA) is 50.8 Å². The lowest BCUT2D eigenvalue weighted by atomic mass is 9.98. The van der Waals surface area contributed by atoms with E-state index in [0.29, 0.717) is 18.3 Å². The Balaban J connectivity index is 1.49. The lowest BCUT2D eigenvalue weighted by Crippen LogP contribution is -2.46. The van der Waals surface area contributed by atoms with E-state index in [4.69, 9.17) is 9.47 Å². The van der Waals surface area contributed by atoms with Crippen molar-refractivity contribution in [3.8, 4) is 0 Å². The molecule has 1 saturated heterocycles. The number of nitrogens with zero attached hydrogens (tertiary/aromatic N) is 1. The summed E-state index contributed by atoms with van der Waals surface area (Å²) in [5.41, 5.74) is 0. The zero-order valence-electron chi connectivity index (χ0n) is 14.2. The van der Waals surface area contributed by atoms with Crippen LogP contribution < -0.4 is 5.32 Å². The summed E-state index contributed by atoms with van der Waals surface area (Å²) in [5.74, 6) is 0.0225. The largest absolute Gasteiger partial charge is 0.373 e. The zero-order chi connectivity index (χ0) is 15.8. The van der Waals surface area contributed by atoms with Crippen LogP contribution in [0.3, 0.4) is 0 Å². The zero-order valence-corrected chi connectivity index (χ0v) is 14.2. The van der Waals surface area contributed by atoms with Crippen molar-refractivity contribution in [1.82, 2.24) is 10.2 Å². The summed E-state index contributed by atoms with van der Waals surface area (Å²) in [5, 5.41) is 2.96. The highest BCUT2D eigenvalue weighted by Crippen LogP contribution is 2.19. The molecule has 5 heteroatoms. The molecule has 2 atom stereocenters. The summed E-state index contributed by atoms with van der Waals surface area (Å²) < 4.78 is 11.4. The molecule has 0 aromatic heterocycles. The predicted molar refractivity (Wildman–Crippen MR) is 86.9 cm³/mol. The molecule has 2 unspecified atom stereocenters. The standard InChI is InChI=1S/C17H32N2O3/c1-14-11-19(12-15(2)22-14)10-6-9-18-17(20)13-21-16-7-4-3-5-8-16/h14-16H,3-13H2,1-2H3,(H,18,20). The Labute approximate surface area is 134 Å². The first-order chi connectivity index (χ1) is 10.6. The van der Waals surface area contributed by atoms with Gasteiger partial charge in [-0.1, -0.05) is 19.3 Å². The van der Waals surface area contributed by atoms with E-state index >= 15 is 0 Å². The van der Waals surface area contributed by atoms with E-state index in [1.165, 1.54) is 19.3 Å². The maximum Gasteiger partial charge on any atom is 0.246 e. The van der Waals surface area contributed by atoms with Crippen LogP contribution in [0.15, 0.2) is 0 Å². The lowest BCUT2D eigenvalue weighted by Gasteiger charge is -2.35. The van der Waals surface area contributed by atoms with Crippen LogP contribution in [0.4, 0.5) is 0 Å². The molecule has 1 heterocycles. The van der Waals surface area contributed by atoms with E-state index in [9.17, 15) is 4.79 Å². The van der Waals surface area contributed by atoms with E-state index < -0.39 is 0 Å². The molecule has 2 fully saturated rings. The number of hydrogen-bond acceptors (Lipinski definition) is 4. The van der Waals surface area contributed by atoms with Crippen molar-refractivity contribution in [2.75, 3.05) is 32.8 Å². The summed E-state index contributed by atoms with van der Waals surface area (Å²) in [7, 11) is 0. The van der Waals surface area contributed by atoms with Crippen LogP contribution >= 0.6 is 0 Å². The fourth-order valence-electron chi connectivity index (χ4n) is 3.47. The molecule has 2 aliphatic rings. The number of hydrogen-bond donors (Lipinski definition) is 1. The number of ether oxygens (including phenoxy) is 2. The molecule has 0 aromatic carbocycles. The Morgan fingerprint density at radius 3 is 2.55 bits per heavy atom. The van der Waals surface area contributed by atoms with E-state index in [2.05, 4.69) is 24.1 Å². The van der Waals surface area contributed by atoms with Crippen LogP contribution in [0.5, 0.6) is 0 Å². The fraction of sp³-hybridized carbons (Fsp3) is 0.941. The molecule has 1 aliphatic carbocycles. The normalized spacial score (nSPS) is 27.7. The summed E-state index contributed by atoms with van der Waals surface area (Å²) in [6, 6.07) is 0. The van der Waals surface area contributed by atoms with Crippen molar-refractivity contribution in [3.05, 3.63) is 0 Å². The average Bonchev–Trinajstić information content (AvgIpc) is 2.50. The van der Waals surface area contributed by atoms with E-state index in [-0.39, 0.29) is 12.5 Å². The van der Waals surface area contributed by atoms with E-state index in [1.807, 2.05) is 0 Å². The Morgan fingerprint density at radius 2 is 1.86 bits per heavy atom. The third kappa shape index (κ3) is 6.63. The number of nitrogens with one attached hydrogen (secondary N) is 1. The number of morpholine rings is 1. The molecular formula is C17H32N2O3. The monoisotopic (exact) mass is 312 g/mol. The molecule has 1 N–H and O–H groups in total. The van der Waals surface area contributed by atoms with Crippen molar-refractivity contribution in [3.63, 3.8) is 0 Å². The highest BCUT2D eigenvalue weighted by Gasteiger charge is 2.21. The van der Waals surface area contributed by atoms with Gasteiger partial charge in [0.05, 0.1) is 18.3 Å². The van der Waals surface area contributed by atoms with Gasteiger partial charge in [-0.15, -0.1) is 0 Å². The van der Waals surface area contributed by atoms with Gasteiger partial charge in [-0.2, -0.15) is 0 Å². The number of carbonyl (C=O) groups excluding carboxylic acids is 1. The second-order valence-electron chi connectivity index (χ2n) is 6.79. The maximum atomic E-state index is 11.8. The van der Waals surface area contributed by atoms with E-state index in [0.717, 1.165) is 45.4 Å². The fourth-order valence-corrected chi connectivity index (χ4v) is 3.47. The van der Waals surface area contributed by atoms with Crippen LogP contribution in [0.1, 0.15) is 52.4 Å². The Morgan fingerprint density at radius 1 is 1.18 bits per heavy atom. The highest BCUT2D eigenvalue weighted by molar-refractivity contribution is 5.77. The lowest BCUT2D eigenvalue weighted by molar-refractivity contribution is -0.128. The third-order valence-electron chi connectivity index (χ3n) is 4.47. The van der Waals surface area contributed by atoms with Gasteiger partial charge >= 0.3 is 0 Å². The minimum atomic E-state index is 0.0225. The molecule has 0 bridgehead atoms. The van der Waals surface area contributed by atoms with Crippen molar-refractivity contribution in [2.45, 2.75) is 70.7 Å². The molecule has 1 amide bonds. The minimum absolute atomic E-state index is 0.0225. The highest BCUT2D eigenvalue weighted by atomic mass is 16.5. The van der Waals surface area contributed by atoms with Gasteiger partial charge in [0.15, 0.2) is 0 Å². The second kappa shape index (κ2) is 9.48. The van der Waals surface area contributed by atoms with Crippen LogP contribution in [-0.4, -0.2) is 61.9 Å². The van der Waals surface area contributed by atoms with Crippen LogP contribution in [0, 0.1) is 0 Å². The van der Waals surface area contributed by atoms with Crippen molar-refractivity contribution >= 4 is 5.91 Å². The van der Waals surface area contributed by atoms with E-state index in [1.54, 1.807) is 0 Å². The third-order valence-corrected chi connectivity index (χ3v) is 4.47. The summed E-state index contributed by atoms with van der Waals surface area (Å²) in [6.07, 6.45) is 7.91. The molecule has 1 aliphatic heterocycles. The molecular weight excluding hydrogens is 280 g/mol. The minimum Gasteiger partial charge on any atom is -0.373 e. The van der Waals surface area contributed by atoms with Gasteiger partial charge < -0.3 is 14.8 Å². The summed E-state index contributed by atoms with van der Waals surface area (Å²) in [6.45, 7) is 8.18. The van der Waals surface area contributed by atoms with Gasteiger partial charge in [0, 0.05) is 26.2 Å². The quantitative estimate of drug-likeness (QED) is 0.730. The first-order valence-electron chi connectivity index (χ1n) is 8.89. The van der Waals surface area contributed by atoms with Crippen molar-refractivity contribution in [1.29, 1.82) is 0 Å². The van der Waals surface area contributed by atoms with Crippen LogP contribution in [-0.2, 0) is 14.3 Å². The molecule has 128 valence electrons. The number of rotatable bonds is 7. The predicted octanol–water partition coefficient (Wildman–Crippen LogP) is 1.95. The molecule has 0 radical (unpaired) electrons. The summed E-state index contributed by atoms with van der Waals surface area (Å²) >= 11 is 0. The molecule has 1 saturated carbocycles. The number of amides is 1. The molecule has 22 heavy (non-hydrogen) atoms. The van der Waals surface area contributed by atoms with Gasteiger partial charge in [0.1, 0.15) is 6.61 Å². The first kappa shape index (κ1) is 17.7. The molecule has 0 aromatic rings. The Bertz CT molecular complexity index is 322. The van der Waals surface area contributed by atoms with Crippen LogP contribution in [0.25, 0.3) is 0 Å². The first-order valence-corrected chi connectivity index (χ1v) is 8.89.